The van der Waals surface area contributed by atoms with Crippen LogP contribution in [-0.2, 0) is 13.5 Å². The van der Waals surface area contributed by atoms with E-state index in [1.807, 2.05) is 17.9 Å². The molecule has 118 valence electrons. The van der Waals surface area contributed by atoms with E-state index < -0.39 is 0 Å². The Kier molecular flexibility index (Phi) is 5.31. The van der Waals surface area contributed by atoms with Gasteiger partial charge in [-0.3, -0.25) is 4.68 Å². The standard InChI is InChI=1S/C17H30N4/c1-21-14(10-13-20-21)9-12-19-17-7-3-2-6-15(17)16-8-4-5-11-18-16/h10,13,15-19H,2-9,11-12H2,1H3. The molecule has 4 heteroatoms. The summed E-state index contributed by atoms with van der Waals surface area (Å²) in [5.41, 5.74) is 1.32. The Labute approximate surface area is 128 Å². The predicted molar refractivity (Wildman–Crippen MR) is 86.3 cm³/mol. The first-order chi connectivity index (χ1) is 10.3. The van der Waals surface area contributed by atoms with Gasteiger partial charge < -0.3 is 10.6 Å². The molecule has 0 bridgehead atoms. The van der Waals surface area contributed by atoms with Crippen molar-refractivity contribution in [1.29, 1.82) is 0 Å². The summed E-state index contributed by atoms with van der Waals surface area (Å²) in [6.45, 7) is 2.30. The average molecular weight is 290 g/mol. The zero-order chi connectivity index (χ0) is 14.5. The van der Waals surface area contributed by atoms with Crippen LogP contribution >= 0.6 is 0 Å². The lowest BCUT2D eigenvalue weighted by molar-refractivity contribution is 0.182. The van der Waals surface area contributed by atoms with E-state index in [-0.39, 0.29) is 0 Å². The van der Waals surface area contributed by atoms with Crippen LogP contribution in [0.15, 0.2) is 12.3 Å². The molecule has 0 radical (unpaired) electrons. The summed E-state index contributed by atoms with van der Waals surface area (Å²) < 4.78 is 1.99. The zero-order valence-corrected chi connectivity index (χ0v) is 13.4. The molecule has 1 aliphatic heterocycles. The highest BCUT2D eigenvalue weighted by atomic mass is 15.3. The van der Waals surface area contributed by atoms with E-state index in [1.165, 1.54) is 57.2 Å². The van der Waals surface area contributed by atoms with Gasteiger partial charge in [0.15, 0.2) is 0 Å². The van der Waals surface area contributed by atoms with Crippen molar-refractivity contribution in [3.8, 4) is 0 Å². The first-order valence-electron chi connectivity index (χ1n) is 8.78. The highest BCUT2D eigenvalue weighted by molar-refractivity contribution is 5.00. The molecule has 0 spiro atoms. The third kappa shape index (κ3) is 3.86. The monoisotopic (exact) mass is 290 g/mol. The van der Waals surface area contributed by atoms with Gasteiger partial charge in [-0.25, -0.2) is 0 Å². The van der Waals surface area contributed by atoms with Gasteiger partial charge in [-0.05, 0) is 44.2 Å². The van der Waals surface area contributed by atoms with Gasteiger partial charge in [0.25, 0.3) is 0 Å². The molecule has 0 amide bonds. The summed E-state index contributed by atoms with van der Waals surface area (Å²) in [5, 5.41) is 11.9. The van der Waals surface area contributed by atoms with E-state index in [9.17, 15) is 0 Å². The number of nitrogens with zero attached hydrogens (tertiary/aromatic N) is 2. The summed E-state index contributed by atoms with van der Waals surface area (Å²) in [4.78, 5) is 0. The lowest BCUT2D eigenvalue weighted by Gasteiger charge is -2.40. The molecular weight excluding hydrogens is 260 g/mol. The second kappa shape index (κ2) is 7.41. The molecule has 21 heavy (non-hydrogen) atoms. The largest absolute Gasteiger partial charge is 0.314 e. The van der Waals surface area contributed by atoms with Gasteiger partial charge in [0.05, 0.1) is 0 Å². The van der Waals surface area contributed by atoms with Crippen LogP contribution < -0.4 is 10.6 Å². The highest BCUT2D eigenvalue weighted by Crippen LogP contribution is 2.30. The number of aryl methyl sites for hydroxylation is 1. The highest BCUT2D eigenvalue weighted by Gasteiger charge is 2.31. The topological polar surface area (TPSA) is 41.9 Å². The number of hydrogen-bond donors (Lipinski definition) is 2. The Bertz CT molecular complexity index is 422. The number of aromatic nitrogens is 2. The summed E-state index contributed by atoms with van der Waals surface area (Å²) in [7, 11) is 2.03. The van der Waals surface area contributed by atoms with Crippen LogP contribution in [0.3, 0.4) is 0 Å². The third-order valence-electron chi connectivity index (χ3n) is 5.39. The zero-order valence-electron chi connectivity index (χ0n) is 13.4. The molecule has 1 aromatic heterocycles. The quantitative estimate of drug-likeness (QED) is 0.874. The van der Waals surface area contributed by atoms with Crippen LogP contribution in [-0.4, -0.2) is 35.0 Å². The number of rotatable bonds is 5. The van der Waals surface area contributed by atoms with Gasteiger partial charge in [0.1, 0.15) is 0 Å². The summed E-state index contributed by atoms with van der Waals surface area (Å²) in [6, 6.07) is 3.60. The number of hydrogen-bond acceptors (Lipinski definition) is 3. The second-order valence-corrected chi connectivity index (χ2v) is 6.76. The van der Waals surface area contributed by atoms with Crippen LogP contribution in [0.25, 0.3) is 0 Å². The molecule has 2 N–H and O–H groups in total. The Hall–Kier alpha value is -0.870. The van der Waals surface area contributed by atoms with Gasteiger partial charge in [-0.2, -0.15) is 5.10 Å². The summed E-state index contributed by atoms with van der Waals surface area (Å²) in [5.74, 6) is 0.839. The molecule has 1 saturated heterocycles. The minimum atomic E-state index is 0.711. The van der Waals surface area contributed by atoms with E-state index >= 15 is 0 Å². The fraction of sp³-hybridized carbons (Fsp3) is 0.824. The van der Waals surface area contributed by atoms with Crippen molar-refractivity contribution in [1.82, 2.24) is 20.4 Å². The van der Waals surface area contributed by atoms with E-state index in [0.717, 1.165) is 24.9 Å². The first-order valence-corrected chi connectivity index (χ1v) is 8.78. The van der Waals surface area contributed by atoms with E-state index in [1.54, 1.807) is 0 Å². The molecule has 1 aromatic rings. The van der Waals surface area contributed by atoms with Crippen molar-refractivity contribution in [2.75, 3.05) is 13.1 Å². The molecule has 3 atom stereocenters. The molecule has 1 aliphatic carbocycles. The first kappa shape index (κ1) is 15.0. The van der Waals surface area contributed by atoms with Gasteiger partial charge in [-0.1, -0.05) is 19.3 Å². The molecule has 3 unspecified atom stereocenters. The molecule has 3 rings (SSSR count). The van der Waals surface area contributed by atoms with E-state index in [0.29, 0.717) is 6.04 Å². The summed E-state index contributed by atoms with van der Waals surface area (Å²) in [6.07, 6.45) is 12.7. The lowest BCUT2D eigenvalue weighted by Crippen LogP contribution is -2.50. The Morgan fingerprint density at radius 2 is 2.10 bits per heavy atom. The molecule has 1 saturated carbocycles. The van der Waals surface area contributed by atoms with Crippen LogP contribution in [0.1, 0.15) is 50.6 Å². The van der Waals surface area contributed by atoms with E-state index in [4.69, 9.17) is 0 Å². The van der Waals surface area contributed by atoms with Gasteiger partial charge in [0.2, 0.25) is 0 Å². The number of nitrogens with one attached hydrogen (secondary N) is 2. The van der Waals surface area contributed by atoms with Gasteiger partial charge in [0, 0.05) is 44.0 Å². The molecular formula is C17H30N4. The minimum absolute atomic E-state index is 0.711. The maximum Gasteiger partial charge on any atom is 0.0492 e. The van der Waals surface area contributed by atoms with Crippen molar-refractivity contribution in [2.24, 2.45) is 13.0 Å². The Morgan fingerprint density at radius 3 is 2.86 bits per heavy atom. The van der Waals surface area contributed by atoms with Crippen LogP contribution in [0.4, 0.5) is 0 Å². The summed E-state index contributed by atoms with van der Waals surface area (Å²) >= 11 is 0. The van der Waals surface area contributed by atoms with Gasteiger partial charge in [-0.15, -0.1) is 0 Å². The van der Waals surface area contributed by atoms with E-state index in [2.05, 4.69) is 21.8 Å². The molecule has 2 aliphatic rings. The van der Waals surface area contributed by atoms with Crippen molar-refractivity contribution >= 4 is 0 Å². The minimum Gasteiger partial charge on any atom is -0.314 e. The van der Waals surface area contributed by atoms with Crippen LogP contribution in [0.2, 0.25) is 0 Å². The average Bonchev–Trinajstić information content (AvgIpc) is 2.94. The van der Waals surface area contributed by atoms with Crippen LogP contribution in [0, 0.1) is 5.92 Å². The SMILES string of the molecule is Cn1nccc1CCNC1CCCCC1C1CCCCN1. The lowest BCUT2D eigenvalue weighted by atomic mass is 9.77. The molecule has 0 aromatic carbocycles. The Balaban J connectivity index is 1.50. The number of piperidine rings is 1. The normalized spacial score (nSPS) is 30.4. The van der Waals surface area contributed by atoms with Crippen molar-refractivity contribution < 1.29 is 0 Å². The second-order valence-electron chi connectivity index (χ2n) is 6.76. The third-order valence-corrected chi connectivity index (χ3v) is 5.39. The molecule has 4 nitrogen and oxygen atoms in total. The molecule has 2 heterocycles. The van der Waals surface area contributed by atoms with Crippen molar-refractivity contribution in [2.45, 2.75) is 63.5 Å². The maximum atomic E-state index is 4.25. The Morgan fingerprint density at radius 1 is 1.24 bits per heavy atom. The fourth-order valence-electron chi connectivity index (χ4n) is 4.17. The maximum absolute atomic E-state index is 4.25. The smallest absolute Gasteiger partial charge is 0.0492 e. The van der Waals surface area contributed by atoms with Crippen LogP contribution in [0.5, 0.6) is 0 Å². The van der Waals surface area contributed by atoms with Crippen molar-refractivity contribution in [3.05, 3.63) is 18.0 Å². The van der Waals surface area contributed by atoms with Crippen molar-refractivity contribution in [3.63, 3.8) is 0 Å². The fourth-order valence-corrected chi connectivity index (χ4v) is 4.17. The predicted octanol–water partition coefficient (Wildman–Crippen LogP) is 2.25. The molecule has 2 fully saturated rings. The van der Waals surface area contributed by atoms with Gasteiger partial charge >= 0.3 is 0 Å².